The zero-order valence-electron chi connectivity index (χ0n) is 38.2. The largest absolute Gasteiger partial charge is 0.480 e. The number of carbonyl (C=O) groups is 7. The molecule has 6 amide bonds. The Labute approximate surface area is 394 Å². The highest BCUT2D eigenvalue weighted by molar-refractivity contribution is 5.97. The number of aliphatic imine (C=N–C) groups is 1. The highest BCUT2D eigenvalue weighted by atomic mass is 16.4. The van der Waals surface area contributed by atoms with Gasteiger partial charge in [-0.1, -0.05) is 48.5 Å². The minimum Gasteiger partial charge on any atom is -0.480 e. The third-order valence-electron chi connectivity index (χ3n) is 12.9. The summed E-state index contributed by atoms with van der Waals surface area (Å²) in [5.41, 5.74) is 19.8. The minimum atomic E-state index is -1.25. The second kappa shape index (κ2) is 24.4. The second-order valence-corrected chi connectivity index (χ2v) is 18.1. The smallest absolute Gasteiger partial charge is 0.317 e. The molecule has 1 aliphatic carbocycles. The number of para-hydroxylation sites is 1. The summed E-state index contributed by atoms with van der Waals surface area (Å²) in [7, 11) is 0. The van der Waals surface area contributed by atoms with E-state index in [1.807, 2.05) is 24.3 Å². The quantitative estimate of drug-likeness (QED) is 0.0483. The first-order valence-corrected chi connectivity index (χ1v) is 23.5. The normalized spacial score (nSPS) is 26.0. The van der Waals surface area contributed by atoms with Gasteiger partial charge in [0.15, 0.2) is 5.96 Å². The van der Waals surface area contributed by atoms with Crippen molar-refractivity contribution >= 4 is 58.3 Å². The summed E-state index contributed by atoms with van der Waals surface area (Å²) in [6.45, 7) is -0.421. The molecule has 0 bridgehead atoms. The number of amides is 6. The Morgan fingerprint density at radius 3 is 2.28 bits per heavy atom. The van der Waals surface area contributed by atoms with Crippen molar-refractivity contribution in [3.63, 3.8) is 0 Å². The van der Waals surface area contributed by atoms with Gasteiger partial charge in [-0.3, -0.25) is 43.9 Å². The van der Waals surface area contributed by atoms with Gasteiger partial charge in [-0.15, -0.1) is 0 Å². The van der Waals surface area contributed by atoms with Crippen LogP contribution in [0.3, 0.4) is 0 Å². The molecule has 1 unspecified atom stereocenters. The highest BCUT2D eigenvalue weighted by Crippen LogP contribution is 2.29. The molecule has 21 heteroatoms. The summed E-state index contributed by atoms with van der Waals surface area (Å²) >= 11 is 0. The number of aliphatic hydroxyl groups excluding tert-OH is 1. The van der Waals surface area contributed by atoms with E-state index in [1.54, 1.807) is 36.5 Å². The van der Waals surface area contributed by atoms with Crippen LogP contribution in [0.25, 0.3) is 10.9 Å². The monoisotopic (exact) mass is 943 g/mol. The summed E-state index contributed by atoms with van der Waals surface area (Å²) in [5.74, 6) is -5.21. The first-order valence-electron chi connectivity index (χ1n) is 23.5. The van der Waals surface area contributed by atoms with Gasteiger partial charge in [0.05, 0.1) is 18.7 Å². The van der Waals surface area contributed by atoms with Crippen LogP contribution in [0.15, 0.2) is 65.8 Å². The molecule has 0 spiro atoms. The number of aromatic nitrogens is 1. The number of nitrogens with zero attached hydrogens (tertiary/aromatic N) is 2. The van der Waals surface area contributed by atoms with Crippen LogP contribution in [-0.2, 0) is 46.4 Å². The molecule has 15 N–H and O–H groups in total. The first-order chi connectivity index (χ1) is 32.6. The third kappa shape index (κ3) is 14.5. The van der Waals surface area contributed by atoms with Crippen molar-refractivity contribution < 1.29 is 43.8 Å². The molecule has 7 atom stereocenters. The molecule has 2 aromatic carbocycles. The molecule has 368 valence electrons. The van der Waals surface area contributed by atoms with Crippen LogP contribution < -0.4 is 49.1 Å². The molecule has 2 aliphatic heterocycles. The van der Waals surface area contributed by atoms with Gasteiger partial charge >= 0.3 is 5.97 Å². The maximum atomic E-state index is 14.7. The molecular formula is C47H66N12O9. The maximum absolute atomic E-state index is 14.7. The average molecular weight is 943 g/mol. The Bertz CT molecular complexity index is 2260. The van der Waals surface area contributed by atoms with E-state index in [2.05, 4.69) is 41.9 Å². The lowest BCUT2D eigenvalue weighted by atomic mass is 9.83. The number of aliphatic hydroxyl groups is 1. The van der Waals surface area contributed by atoms with Crippen LogP contribution in [0.1, 0.15) is 75.3 Å². The second-order valence-electron chi connectivity index (χ2n) is 18.1. The number of aliphatic carboxylic acids is 1. The van der Waals surface area contributed by atoms with Crippen LogP contribution in [0.5, 0.6) is 0 Å². The molecule has 1 aromatic heterocycles. The summed E-state index contributed by atoms with van der Waals surface area (Å²) < 4.78 is 0. The van der Waals surface area contributed by atoms with E-state index in [1.165, 1.54) is 4.90 Å². The summed E-state index contributed by atoms with van der Waals surface area (Å²) in [6, 6.07) is 8.78. The van der Waals surface area contributed by atoms with E-state index in [-0.39, 0.29) is 76.5 Å². The van der Waals surface area contributed by atoms with Gasteiger partial charge in [0.25, 0.3) is 0 Å². The van der Waals surface area contributed by atoms with Crippen molar-refractivity contribution in [2.24, 2.45) is 28.1 Å². The number of benzene rings is 2. The lowest BCUT2D eigenvalue weighted by molar-refractivity contribution is -0.143. The Hall–Kier alpha value is -6.58. The molecule has 3 heterocycles. The van der Waals surface area contributed by atoms with E-state index in [0.717, 1.165) is 22.0 Å². The van der Waals surface area contributed by atoms with Crippen molar-refractivity contribution in [3.8, 4) is 0 Å². The summed E-state index contributed by atoms with van der Waals surface area (Å²) in [4.78, 5) is 107. The highest BCUT2D eigenvalue weighted by Gasteiger charge is 2.43. The fourth-order valence-electron chi connectivity index (χ4n) is 9.31. The first kappa shape index (κ1) is 50.8. The number of rotatable bonds is 15. The van der Waals surface area contributed by atoms with E-state index in [4.69, 9.17) is 17.2 Å². The van der Waals surface area contributed by atoms with Gasteiger partial charge in [-0.25, -0.2) is 0 Å². The Balaban J connectivity index is 1.33. The predicted molar refractivity (Wildman–Crippen MR) is 252 cm³/mol. The van der Waals surface area contributed by atoms with Crippen molar-refractivity contribution in [2.75, 3.05) is 26.2 Å². The van der Waals surface area contributed by atoms with Crippen LogP contribution in [0, 0.1) is 5.92 Å². The van der Waals surface area contributed by atoms with Gasteiger partial charge in [-0.2, -0.15) is 0 Å². The van der Waals surface area contributed by atoms with Crippen LogP contribution in [0.2, 0.25) is 0 Å². The van der Waals surface area contributed by atoms with E-state index < -0.39 is 96.4 Å². The molecule has 21 nitrogen and oxygen atoms in total. The molecule has 1 saturated carbocycles. The van der Waals surface area contributed by atoms with Crippen LogP contribution in [-0.4, -0.2) is 142 Å². The van der Waals surface area contributed by atoms with Gasteiger partial charge in [0.2, 0.25) is 35.4 Å². The predicted octanol–water partition coefficient (Wildman–Crippen LogP) is -1.23. The zero-order chi connectivity index (χ0) is 48.7. The SMILES string of the molecule is NC(N)=NCCC[C@@H]1NC(=O)[C@H](Cc2c[nH]c3ccccc23)NC(=O)[C@@H](CC2CCC(O)CC2)NC(=O)[C@@H]2C[C@@H](N)CN2C(=O)[C@@H](NC(=O)C(Cc2ccccc2)NCC(=O)O)CCCNC1=O. The van der Waals surface area contributed by atoms with E-state index in [0.29, 0.717) is 32.1 Å². The van der Waals surface area contributed by atoms with Gasteiger partial charge in [0, 0.05) is 49.2 Å². The lowest BCUT2D eigenvalue weighted by Crippen LogP contribution is -2.60. The Kier molecular flexibility index (Phi) is 18.3. The number of aromatic amines is 1. The molecular weight excluding hydrogens is 877 g/mol. The molecule has 3 aromatic rings. The third-order valence-corrected chi connectivity index (χ3v) is 12.9. The fraction of sp³-hybridized carbons (Fsp3) is 0.532. The molecule has 6 rings (SSSR count). The topological polar surface area (TPSA) is 342 Å². The maximum Gasteiger partial charge on any atom is 0.317 e. The number of nitrogens with two attached hydrogens (primary N) is 3. The summed E-state index contributed by atoms with van der Waals surface area (Å²) in [5, 5.41) is 37.7. The number of carboxylic acid groups (broad SMARTS) is 1. The Morgan fingerprint density at radius 2 is 1.54 bits per heavy atom. The fourth-order valence-corrected chi connectivity index (χ4v) is 9.31. The van der Waals surface area contributed by atoms with E-state index in [9.17, 15) is 43.8 Å². The molecule has 0 radical (unpaired) electrons. The van der Waals surface area contributed by atoms with Crippen molar-refractivity contribution in [1.82, 2.24) is 41.8 Å². The number of H-pyrrole nitrogens is 1. The van der Waals surface area contributed by atoms with Gasteiger partial charge < -0.3 is 63.9 Å². The number of nitrogens with one attached hydrogen (secondary N) is 7. The molecule has 68 heavy (non-hydrogen) atoms. The van der Waals surface area contributed by atoms with Crippen molar-refractivity contribution in [2.45, 2.75) is 125 Å². The lowest BCUT2D eigenvalue weighted by Gasteiger charge is -2.33. The minimum absolute atomic E-state index is 0.00225. The van der Waals surface area contributed by atoms with Crippen molar-refractivity contribution in [3.05, 3.63) is 71.9 Å². The van der Waals surface area contributed by atoms with Gasteiger partial charge in [0.1, 0.15) is 30.2 Å². The van der Waals surface area contributed by atoms with Crippen LogP contribution in [0.4, 0.5) is 0 Å². The number of hydrogen-bond donors (Lipinski definition) is 12. The summed E-state index contributed by atoms with van der Waals surface area (Å²) in [6.07, 6.45) is 4.32. The number of guanidine groups is 1. The number of hydrogen-bond acceptors (Lipinski definition) is 11. The molecule has 2 saturated heterocycles. The van der Waals surface area contributed by atoms with E-state index >= 15 is 0 Å². The number of carboxylic acids is 1. The molecule has 3 aliphatic rings. The number of carbonyl (C=O) groups excluding carboxylic acids is 6. The number of fused-ring (bicyclic) bond motifs is 2. The average Bonchev–Trinajstić information content (AvgIpc) is 3.92. The van der Waals surface area contributed by atoms with Crippen LogP contribution >= 0.6 is 0 Å². The van der Waals surface area contributed by atoms with Gasteiger partial charge in [-0.05, 0) is 93.7 Å². The van der Waals surface area contributed by atoms with Crippen molar-refractivity contribution in [1.29, 1.82) is 0 Å². The molecule has 3 fully saturated rings. The zero-order valence-corrected chi connectivity index (χ0v) is 38.2. The standard InChI is InChI=1S/C47H66N12O9/c48-30-23-39-45(67)58-37(21-28-14-16-31(60)17-15-28)43(65)57-38(22-29-24-53-33-11-5-4-10-32(29)33)44(66)55-34(12-6-19-52-47(49)50)41(63)51-18-7-13-35(46(68)59(39)26-30)56-42(64)36(54-25-40(61)62)20-27-8-2-1-3-9-27/h1-5,8-11,24,28,30-31,34-39,53-54,60H,6-7,12-23,25-26,48H2,(H,51,63)(H,55,66)(H,56,64)(H,57,65)(H,58,67)(H,61,62)(H4,49,50,52)/t28?,30-,31?,34+,35+,36?,37-,38+,39+/m1/s1. The Morgan fingerprint density at radius 1 is 0.853 bits per heavy atom.